The molecule has 0 bridgehead atoms. The van der Waals surface area contributed by atoms with E-state index in [1.54, 1.807) is 24.3 Å². The molecule has 9 nitrogen and oxygen atoms in total. The summed E-state index contributed by atoms with van der Waals surface area (Å²) in [4.78, 5) is 29.9. The van der Waals surface area contributed by atoms with Crippen LogP contribution in [0.3, 0.4) is 0 Å². The monoisotopic (exact) mass is 546 g/mol. The standard InChI is InChI=1S/C29H31ClN6O3/c1-2-26(27(37)21-8-10-22(30)11-9-21)36-29(39)35(20-31-36)25-14-12-24(13-15-25)33-16-18-34(19-17-33)28(38)32-23-6-4-3-5-7-23/h3-15,20,26-27,37H,2,16-19H2,1H3,(H,32,38). The van der Waals surface area contributed by atoms with Gasteiger partial charge in [0.2, 0.25) is 0 Å². The highest BCUT2D eigenvalue weighted by atomic mass is 35.5. The Morgan fingerprint density at radius 3 is 2.23 bits per heavy atom. The molecule has 2 heterocycles. The fourth-order valence-electron chi connectivity index (χ4n) is 4.85. The molecule has 0 saturated carbocycles. The van der Waals surface area contributed by atoms with Crippen molar-refractivity contribution in [1.82, 2.24) is 19.2 Å². The van der Waals surface area contributed by atoms with Crippen LogP contribution in [-0.4, -0.2) is 56.6 Å². The van der Waals surface area contributed by atoms with Crippen molar-refractivity contribution >= 4 is 29.0 Å². The number of halogens is 1. The predicted molar refractivity (Wildman–Crippen MR) is 153 cm³/mol. The van der Waals surface area contributed by atoms with Gasteiger partial charge in [-0.2, -0.15) is 5.10 Å². The van der Waals surface area contributed by atoms with Crippen LogP contribution in [0.15, 0.2) is 90.0 Å². The fraction of sp³-hybridized carbons (Fsp3) is 0.276. The predicted octanol–water partition coefficient (Wildman–Crippen LogP) is 4.73. The van der Waals surface area contributed by atoms with Crippen LogP contribution >= 0.6 is 11.6 Å². The Kier molecular flexibility index (Phi) is 7.99. The van der Waals surface area contributed by atoms with E-state index in [9.17, 15) is 14.7 Å². The lowest BCUT2D eigenvalue weighted by Gasteiger charge is -2.36. The van der Waals surface area contributed by atoms with Crippen molar-refractivity contribution in [1.29, 1.82) is 0 Å². The van der Waals surface area contributed by atoms with E-state index in [4.69, 9.17) is 11.6 Å². The van der Waals surface area contributed by atoms with E-state index in [0.29, 0.717) is 48.9 Å². The van der Waals surface area contributed by atoms with Gasteiger partial charge in [-0.25, -0.2) is 18.8 Å². The normalized spacial score (nSPS) is 15.2. The van der Waals surface area contributed by atoms with Crippen molar-refractivity contribution in [3.05, 3.63) is 106 Å². The summed E-state index contributed by atoms with van der Waals surface area (Å²) >= 11 is 5.98. The number of nitrogens with one attached hydrogen (secondary N) is 1. The molecule has 39 heavy (non-hydrogen) atoms. The summed E-state index contributed by atoms with van der Waals surface area (Å²) in [5.41, 5.74) is 2.85. The van der Waals surface area contributed by atoms with Crippen molar-refractivity contribution in [2.24, 2.45) is 0 Å². The van der Waals surface area contributed by atoms with E-state index in [1.165, 1.54) is 15.6 Å². The summed E-state index contributed by atoms with van der Waals surface area (Å²) in [6.07, 6.45) is 1.11. The lowest BCUT2D eigenvalue weighted by Crippen LogP contribution is -2.50. The van der Waals surface area contributed by atoms with Crippen LogP contribution in [0.4, 0.5) is 16.2 Å². The van der Waals surface area contributed by atoms with E-state index in [1.807, 2.05) is 66.4 Å². The summed E-state index contributed by atoms with van der Waals surface area (Å²) in [5.74, 6) is 0. The third-order valence-corrected chi connectivity index (χ3v) is 7.34. The van der Waals surface area contributed by atoms with Crippen molar-refractivity contribution in [3.8, 4) is 5.69 Å². The molecule has 1 saturated heterocycles. The van der Waals surface area contributed by atoms with Gasteiger partial charge in [0.05, 0.1) is 11.7 Å². The number of aromatic nitrogens is 3. The molecule has 1 fully saturated rings. The molecule has 2 N–H and O–H groups in total. The molecule has 1 aromatic heterocycles. The maximum Gasteiger partial charge on any atom is 0.350 e. The van der Waals surface area contributed by atoms with Gasteiger partial charge in [-0.15, -0.1) is 0 Å². The average molecular weight is 547 g/mol. The molecule has 2 unspecified atom stereocenters. The Labute approximate surface area is 231 Å². The van der Waals surface area contributed by atoms with Crippen LogP contribution in [0.25, 0.3) is 5.69 Å². The number of urea groups is 1. The van der Waals surface area contributed by atoms with Crippen molar-refractivity contribution in [2.45, 2.75) is 25.5 Å². The van der Waals surface area contributed by atoms with Gasteiger partial charge in [-0.05, 0) is 60.5 Å². The second-order valence-electron chi connectivity index (χ2n) is 9.49. The minimum absolute atomic E-state index is 0.0980. The third kappa shape index (κ3) is 5.84. The maximum absolute atomic E-state index is 13.3. The van der Waals surface area contributed by atoms with Crippen molar-refractivity contribution in [3.63, 3.8) is 0 Å². The first-order valence-electron chi connectivity index (χ1n) is 13.0. The first-order chi connectivity index (χ1) is 18.9. The van der Waals surface area contributed by atoms with Crippen molar-refractivity contribution in [2.75, 3.05) is 36.4 Å². The first-order valence-corrected chi connectivity index (χ1v) is 13.4. The number of carbonyl (C=O) groups excluding carboxylic acids is 1. The highest BCUT2D eigenvalue weighted by Crippen LogP contribution is 2.28. The SMILES string of the molecule is CCC(C(O)c1ccc(Cl)cc1)n1ncn(-c2ccc(N3CCN(C(=O)Nc4ccccc4)CC3)cc2)c1=O. The molecule has 0 spiro atoms. The number of carbonyl (C=O) groups is 1. The molecule has 0 aliphatic carbocycles. The summed E-state index contributed by atoms with van der Waals surface area (Å²) in [6, 6.07) is 23.5. The summed E-state index contributed by atoms with van der Waals surface area (Å²) in [5, 5.41) is 18.8. The molecule has 2 amide bonds. The van der Waals surface area contributed by atoms with E-state index in [2.05, 4.69) is 15.3 Å². The number of hydrogen-bond donors (Lipinski definition) is 2. The van der Waals surface area contributed by atoms with Crippen molar-refractivity contribution < 1.29 is 9.90 Å². The average Bonchev–Trinajstić information content (AvgIpc) is 3.35. The van der Waals surface area contributed by atoms with E-state index < -0.39 is 12.1 Å². The number of amides is 2. The van der Waals surface area contributed by atoms with Gasteiger partial charge in [-0.3, -0.25) is 0 Å². The molecular formula is C29H31ClN6O3. The zero-order valence-corrected chi connectivity index (χ0v) is 22.4. The smallest absolute Gasteiger partial charge is 0.350 e. The minimum Gasteiger partial charge on any atom is -0.386 e. The molecule has 2 atom stereocenters. The van der Waals surface area contributed by atoms with Gasteiger partial charge in [-0.1, -0.05) is 48.9 Å². The molecular weight excluding hydrogens is 516 g/mol. The van der Waals surface area contributed by atoms with Crippen LogP contribution in [0.5, 0.6) is 0 Å². The van der Waals surface area contributed by atoms with Gasteiger partial charge >= 0.3 is 11.7 Å². The number of anilines is 2. The zero-order chi connectivity index (χ0) is 27.4. The number of piperazine rings is 1. The quantitative estimate of drug-likeness (QED) is 0.349. The molecule has 5 rings (SSSR count). The highest BCUT2D eigenvalue weighted by molar-refractivity contribution is 6.30. The maximum atomic E-state index is 13.3. The topological polar surface area (TPSA) is 95.6 Å². The number of rotatable bonds is 7. The lowest BCUT2D eigenvalue weighted by atomic mass is 10.0. The Bertz CT molecular complexity index is 1450. The van der Waals surface area contributed by atoms with Gasteiger partial charge in [0.1, 0.15) is 12.4 Å². The highest BCUT2D eigenvalue weighted by Gasteiger charge is 2.25. The lowest BCUT2D eigenvalue weighted by molar-refractivity contribution is 0.101. The number of hydrogen-bond acceptors (Lipinski definition) is 5. The van der Waals surface area contributed by atoms with Crippen LogP contribution in [-0.2, 0) is 0 Å². The summed E-state index contributed by atoms with van der Waals surface area (Å²) in [7, 11) is 0. The summed E-state index contributed by atoms with van der Waals surface area (Å²) in [6.45, 7) is 4.55. The van der Waals surface area contributed by atoms with Gasteiger partial charge in [0, 0.05) is 42.6 Å². The summed E-state index contributed by atoms with van der Waals surface area (Å²) < 4.78 is 2.82. The number of para-hydroxylation sites is 1. The van der Waals surface area contributed by atoms with E-state index >= 15 is 0 Å². The Morgan fingerprint density at radius 1 is 0.949 bits per heavy atom. The largest absolute Gasteiger partial charge is 0.386 e. The third-order valence-electron chi connectivity index (χ3n) is 7.09. The fourth-order valence-corrected chi connectivity index (χ4v) is 4.97. The first kappa shape index (κ1) is 26.5. The number of aliphatic hydroxyl groups excluding tert-OH is 1. The minimum atomic E-state index is -0.899. The van der Waals surface area contributed by atoms with E-state index in [0.717, 1.165) is 11.4 Å². The number of benzene rings is 3. The van der Waals surface area contributed by atoms with Crippen LogP contribution in [0.2, 0.25) is 5.02 Å². The Hall–Kier alpha value is -4.08. The van der Waals surface area contributed by atoms with Crippen LogP contribution in [0.1, 0.15) is 31.1 Å². The van der Waals surface area contributed by atoms with Gasteiger partial charge in [0.15, 0.2) is 0 Å². The Morgan fingerprint density at radius 2 is 1.59 bits per heavy atom. The zero-order valence-electron chi connectivity index (χ0n) is 21.7. The number of nitrogens with zero attached hydrogens (tertiary/aromatic N) is 5. The molecule has 1 aliphatic rings. The molecule has 3 aromatic carbocycles. The van der Waals surface area contributed by atoms with Gasteiger partial charge in [0.25, 0.3) is 0 Å². The van der Waals surface area contributed by atoms with Crippen LogP contribution < -0.4 is 15.9 Å². The molecule has 4 aromatic rings. The van der Waals surface area contributed by atoms with E-state index in [-0.39, 0.29) is 11.7 Å². The molecule has 202 valence electrons. The molecule has 0 radical (unpaired) electrons. The second kappa shape index (κ2) is 11.8. The van der Waals surface area contributed by atoms with Gasteiger partial charge < -0.3 is 20.2 Å². The molecule has 1 aliphatic heterocycles. The van der Waals surface area contributed by atoms with Crippen LogP contribution in [0, 0.1) is 0 Å². The molecule has 10 heteroatoms. The number of aliphatic hydroxyl groups is 1. The Balaban J connectivity index is 1.23. The second-order valence-corrected chi connectivity index (χ2v) is 9.92.